The van der Waals surface area contributed by atoms with Gasteiger partial charge in [0.2, 0.25) is 0 Å². The number of benzene rings is 2. The highest BCUT2D eigenvalue weighted by Gasteiger charge is 2.15. The molecule has 2 aromatic carbocycles. The lowest BCUT2D eigenvalue weighted by Gasteiger charge is -2.26. The summed E-state index contributed by atoms with van der Waals surface area (Å²) < 4.78 is 10.8. The Balaban J connectivity index is 0.00000420. The van der Waals surface area contributed by atoms with Crippen LogP contribution < -0.4 is 20.1 Å². The number of aryl methyl sites for hydroxylation is 1. The first-order valence-electron chi connectivity index (χ1n) is 9.37. The summed E-state index contributed by atoms with van der Waals surface area (Å²) in [5.41, 5.74) is 3.45. The summed E-state index contributed by atoms with van der Waals surface area (Å²) in [5, 5.41) is 6.79. The highest BCUT2D eigenvalue weighted by molar-refractivity contribution is 14.0. The molecule has 160 valence electrons. The van der Waals surface area contributed by atoms with Gasteiger partial charge in [0.25, 0.3) is 0 Å². The smallest absolute Gasteiger partial charge is 0.191 e. The number of guanidine groups is 1. The predicted octanol–water partition coefficient (Wildman–Crippen LogP) is 3.60. The number of likely N-dealkylation sites (N-methyl/N-ethyl adjacent to an activating group) is 1. The SMILES string of the molecule is CN=C(NCc1ccc(C)cc1OC)NCC(c1cccc(OC)c1)N(C)C.I. The van der Waals surface area contributed by atoms with E-state index in [4.69, 9.17) is 9.47 Å². The van der Waals surface area contributed by atoms with Crippen molar-refractivity contribution in [2.45, 2.75) is 19.5 Å². The van der Waals surface area contributed by atoms with Crippen LogP contribution in [0.15, 0.2) is 47.5 Å². The van der Waals surface area contributed by atoms with E-state index in [1.807, 2.05) is 18.2 Å². The molecule has 0 saturated heterocycles. The molecule has 0 fully saturated rings. The number of nitrogens with zero attached hydrogens (tertiary/aromatic N) is 2. The maximum absolute atomic E-state index is 5.48. The van der Waals surface area contributed by atoms with E-state index >= 15 is 0 Å². The van der Waals surface area contributed by atoms with Crippen LogP contribution in [-0.2, 0) is 6.54 Å². The summed E-state index contributed by atoms with van der Waals surface area (Å²) in [4.78, 5) is 6.52. The molecule has 2 N–H and O–H groups in total. The summed E-state index contributed by atoms with van der Waals surface area (Å²) in [5.74, 6) is 2.49. The minimum atomic E-state index is 0. The molecule has 1 atom stereocenters. The second-order valence-corrected chi connectivity index (χ2v) is 6.88. The van der Waals surface area contributed by atoms with E-state index in [-0.39, 0.29) is 30.0 Å². The van der Waals surface area contributed by atoms with Gasteiger partial charge in [0.15, 0.2) is 5.96 Å². The maximum Gasteiger partial charge on any atom is 0.191 e. The second-order valence-electron chi connectivity index (χ2n) is 6.88. The van der Waals surface area contributed by atoms with Crippen molar-refractivity contribution in [1.82, 2.24) is 15.5 Å². The third-order valence-electron chi connectivity index (χ3n) is 4.68. The number of nitrogens with one attached hydrogen (secondary N) is 2. The Morgan fingerprint density at radius 3 is 2.45 bits per heavy atom. The fourth-order valence-electron chi connectivity index (χ4n) is 3.04. The van der Waals surface area contributed by atoms with Crippen molar-refractivity contribution >= 4 is 29.9 Å². The molecule has 2 rings (SSSR count). The van der Waals surface area contributed by atoms with Gasteiger partial charge in [-0.15, -0.1) is 24.0 Å². The summed E-state index contributed by atoms with van der Waals surface area (Å²) in [7, 11) is 9.30. The highest BCUT2D eigenvalue weighted by atomic mass is 127. The van der Waals surface area contributed by atoms with E-state index in [0.29, 0.717) is 13.1 Å². The molecule has 0 aromatic heterocycles. The predicted molar refractivity (Wildman–Crippen MR) is 131 cm³/mol. The minimum Gasteiger partial charge on any atom is -0.497 e. The van der Waals surface area contributed by atoms with E-state index in [0.717, 1.165) is 23.0 Å². The molecule has 7 heteroatoms. The van der Waals surface area contributed by atoms with Crippen LogP contribution in [0.1, 0.15) is 22.7 Å². The largest absolute Gasteiger partial charge is 0.497 e. The van der Waals surface area contributed by atoms with Crippen molar-refractivity contribution in [3.05, 3.63) is 59.2 Å². The van der Waals surface area contributed by atoms with Crippen molar-refractivity contribution in [1.29, 1.82) is 0 Å². The molecule has 0 spiro atoms. The van der Waals surface area contributed by atoms with Crippen LogP contribution in [0.2, 0.25) is 0 Å². The van der Waals surface area contributed by atoms with Crippen LogP contribution >= 0.6 is 24.0 Å². The van der Waals surface area contributed by atoms with Gasteiger partial charge < -0.3 is 25.0 Å². The lowest BCUT2D eigenvalue weighted by molar-refractivity contribution is 0.297. The van der Waals surface area contributed by atoms with Crippen LogP contribution in [0.4, 0.5) is 0 Å². The quantitative estimate of drug-likeness (QED) is 0.322. The normalized spacial score (nSPS) is 12.2. The molecule has 0 saturated carbocycles. The Hall–Kier alpha value is -2.00. The number of hydrogen-bond donors (Lipinski definition) is 2. The van der Waals surface area contributed by atoms with Crippen molar-refractivity contribution in [3.63, 3.8) is 0 Å². The first-order valence-corrected chi connectivity index (χ1v) is 9.37. The monoisotopic (exact) mass is 512 g/mol. The van der Waals surface area contributed by atoms with Crippen LogP contribution in [0.5, 0.6) is 11.5 Å². The van der Waals surface area contributed by atoms with Crippen LogP contribution in [0.25, 0.3) is 0 Å². The number of ether oxygens (including phenoxy) is 2. The molecule has 2 aromatic rings. The third-order valence-corrected chi connectivity index (χ3v) is 4.68. The number of halogens is 1. The van der Waals surface area contributed by atoms with E-state index in [2.05, 4.69) is 65.8 Å². The van der Waals surface area contributed by atoms with E-state index < -0.39 is 0 Å². The van der Waals surface area contributed by atoms with Crippen LogP contribution in [0.3, 0.4) is 0 Å². The lowest BCUT2D eigenvalue weighted by Crippen LogP contribution is -2.41. The molecule has 29 heavy (non-hydrogen) atoms. The Morgan fingerprint density at radius 2 is 1.83 bits per heavy atom. The molecular formula is C22H33IN4O2. The molecule has 0 aliphatic carbocycles. The Bertz CT molecular complexity index is 796. The van der Waals surface area contributed by atoms with Crippen LogP contribution in [0, 0.1) is 6.92 Å². The van der Waals surface area contributed by atoms with Crippen molar-refractivity contribution in [3.8, 4) is 11.5 Å². The number of rotatable bonds is 8. The van der Waals surface area contributed by atoms with Gasteiger partial charge in [-0.3, -0.25) is 4.99 Å². The molecule has 0 bridgehead atoms. The van der Waals surface area contributed by atoms with Gasteiger partial charge in [-0.2, -0.15) is 0 Å². The summed E-state index contributed by atoms with van der Waals surface area (Å²) in [6.45, 7) is 3.40. The molecule has 0 aliphatic rings. The molecule has 6 nitrogen and oxygen atoms in total. The molecule has 0 radical (unpaired) electrons. The molecule has 0 heterocycles. The second kappa shape index (κ2) is 12.5. The zero-order valence-corrected chi connectivity index (χ0v) is 20.5. The molecule has 0 amide bonds. The van der Waals surface area contributed by atoms with Gasteiger partial charge >= 0.3 is 0 Å². The molecule has 1 unspecified atom stereocenters. The number of aliphatic imine (C=N–C) groups is 1. The zero-order chi connectivity index (χ0) is 20.5. The van der Waals surface area contributed by atoms with Gasteiger partial charge in [0.1, 0.15) is 11.5 Å². The van der Waals surface area contributed by atoms with Gasteiger partial charge in [0.05, 0.1) is 20.3 Å². The van der Waals surface area contributed by atoms with E-state index in [9.17, 15) is 0 Å². The zero-order valence-electron chi connectivity index (χ0n) is 18.2. The molecular weight excluding hydrogens is 479 g/mol. The maximum atomic E-state index is 5.48. The topological polar surface area (TPSA) is 58.1 Å². The van der Waals surface area contributed by atoms with E-state index in [1.54, 1.807) is 21.3 Å². The van der Waals surface area contributed by atoms with Gasteiger partial charge in [0, 0.05) is 25.7 Å². The van der Waals surface area contributed by atoms with E-state index in [1.165, 1.54) is 11.1 Å². The fraction of sp³-hybridized carbons (Fsp3) is 0.409. The van der Waals surface area contributed by atoms with Crippen molar-refractivity contribution < 1.29 is 9.47 Å². The standard InChI is InChI=1S/C22H32N4O2.HI/c1-16-10-11-18(21(12-16)28-6)14-24-22(23-2)25-15-20(26(3)4)17-8-7-9-19(13-17)27-5;/h7-13,20H,14-15H2,1-6H3,(H2,23,24,25);1H. The minimum absolute atomic E-state index is 0. The Kier molecular flexibility index (Phi) is 10.8. The summed E-state index contributed by atoms with van der Waals surface area (Å²) in [6.07, 6.45) is 0. The number of hydrogen-bond acceptors (Lipinski definition) is 4. The van der Waals surface area contributed by atoms with Gasteiger partial charge in [-0.1, -0.05) is 24.3 Å². The average Bonchev–Trinajstić information content (AvgIpc) is 2.70. The Morgan fingerprint density at radius 1 is 1.07 bits per heavy atom. The Labute approximate surface area is 191 Å². The van der Waals surface area contributed by atoms with Crippen molar-refractivity contribution in [2.24, 2.45) is 4.99 Å². The lowest BCUT2D eigenvalue weighted by atomic mass is 10.1. The summed E-state index contributed by atoms with van der Waals surface area (Å²) >= 11 is 0. The fourth-order valence-corrected chi connectivity index (χ4v) is 3.04. The van der Waals surface area contributed by atoms with Crippen LogP contribution in [-0.4, -0.2) is 52.8 Å². The molecule has 0 aliphatic heterocycles. The first kappa shape index (κ1) is 25.0. The summed E-state index contributed by atoms with van der Waals surface area (Å²) in [6, 6.07) is 14.5. The van der Waals surface area contributed by atoms with Crippen molar-refractivity contribution in [2.75, 3.05) is 41.9 Å². The third kappa shape index (κ3) is 7.40. The highest BCUT2D eigenvalue weighted by Crippen LogP contribution is 2.22. The van der Waals surface area contributed by atoms with Gasteiger partial charge in [-0.25, -0.2) is 0 Å². The first-order chi connectivity index (χ1) is 13.5. The number of methoxy groups -OCH3 is 2. The average molecular weight is 512 g/mol. The van der Waals surface area contributed by atoms with Gasteiger partial charge in [-0.05, 0) is 50.3 Å².